The van der Waals surface area contributed by atoms with Crippen molar-refractivity contribution < 1.29 is 37.3 Å². The number of carboxylic acid groups (broad SMARTS) is 1. The number of carbonyl (C=O) groups is 2. The first kappa shape index (κ1) is 22.7. The van der Waals surface area contributed by atoms with Crippen LogP contribution in [0.2, 0.25) is 5.02 Å². The molecule has 0 saturated heterocycles. The molecule has 11 heteroatoms. The minimum Gasteiger partial charge on any atom is -0.491 e. The van der Waals surface area contributed by atoms with Crippen LogP contribution in [0.3, 0.4) is 0 Å². The van der Waals surface area contributed by atoms with Crippen LogP contribution in [-0.2, 0) is 16.1 Å². The van der Waals surface area contributed by atoms with Gasteiger partial charge in [-0.15, -0.1) is 0 Å². The third-order valence-corrected chi connectivity index (χ3v) is 4.02. The highest BCUT2D eigenvalue weighted by molar-refractivity contribution is 6.36. The van der Waals surface area contributed by atoms with Crippen LogP contribution < -0.4 is 4.74 Å². The highest BCUT2D eigenvalue weighted by atomic mass is 35.5. The smallest absolute Gasteiger partial charge is 0.490 e. The summed E-state index contributed by atoms with van der Waals surface area (Å²) in [6.07, 6.45) is -3.68. The topological polar surface area (TPSA) is 91.9 Å². The molecular weight excluding hydrogens is 417 g/mol. The number of aliphatic carboxylic acids is 1. The van der Waals surface area contributed by atoms with Crippen molar-refractivity contribution in [1.29, 1.82) is 0 Å². The highest BCUT2D eigenvalue weighted by Crippen LogP contribution is 2.35. The van der Waals surface area contributed by atoms with Crippen LogP contribution >= 0.6 is 11.6 Å². The molecule has 3 rings (SSSR count). The highest BCUT2D eigenvalue weighted by Gasteiger charge is 2.38. The van der Waals surface area contributed by atoms with Gasteiger partial charge in [-0.1, -0.05) is 11.6 Å². The van der Waals surface area contributed by atoms with Gasteiger partial charge in [-0.25, -0.2) is 9.59 Å². The van der Waals surface area contributed by atoms with Crippen LogP contribution in [0.5, 0.6) is 5.75 Å². The maximum atomic E-state index is 12.3. The summed E-state index contributed by atoms with van der Waals surface area (Å²) in [5.74, 6) is -1.99. The molecule has 0 saturated carbocycles. The number of aromatic amines is 1. The van der Waals surface area contributed by atoms with Crippen molar-refractivity contribution in [3.05, 3.63) is 28.9 Å². The Labute approximate surface area is 169 Å². The van der Waals surface area contributed by atoms with E-state index < -0.39 is 17.7 Å². The normalized spacial score (nSPS) is 14.2. The number of H-pyrrole nitrogens is 1. The lowest BCUT2D eigenvalue weighted by molar-refractivity contribution is -0.192. The first-order chi connectivity index (χ1) is 13.3. The maximum absolute atomic E-state index is 12.3. The molecule has 2 N–H and O–H groups in total. The molecular formula is C18H20ClF3N2O5. The fourth-order valence-corrected chi connectivity index (χ4v) is 2.82. The van der Waals surface area contributed by atoms with Gasteiger partial charge in [0.15, 0.2) is 0 Å². The number of hydrogen-bond acceptors (Lipinski definition) is 4. The Morgan fingerprint density at radius 1 is 1.28 bits per heavy atom. The summed E-state index contributed by atoms with van der Waals surface area (Å²) in [4.78, 5) is 26.0. The van der Waals surface area contributed by atoms with E-state index in [2.05, 4.69) is 4.98 Å². The molecule has 0 bridgehead atoms. The third-order valence-electron chi connectivity index (χ3n) is 3.73. The molecule has 0 spiro atoms. The summed E-state index contributed by atoms with van der Waals surface area (Å²) >= 11 is 6.28. The van der Waals surface area contributed by atoms with E-state index in [1.54, 1.807) is 11.1 Å². The van der Waals surface area contributed by atoms with Crippen molar-refractivity contribution in [3.63, 3.8) is 0 Å². The minimum atomic E-state index is -5.08. The monoisotopic (exact) mass is 436 g/mol. The third kappa shape index (κ3) is 5.93. The molecule has 0 atom stereocenters. The average Bonchev–Trinajstić information content (AvgIpc) is 2.82. The zero-order valence-electron chi connectivity index (χ0n) is 15.9. The van der Waals surface area contributed by atoms with Crippen molar-refractivity contribution in [2.75, 3.05) is 13.2 Å². The van der Waals surface area contributed by atoms with E-state index in [1.807, 2.05) is 32.9 Å². The van der Waals surface area contributed by atoms with Crippen LogP contribution in [0, 0.1) is 0 Å². The molecule has 1 aromatic carbocycles. The molecule has 7 nitrogen and oxygen atoms in total. The Bertz CT molecular complexity index is 905. The van der Waals surface area contributed by atoms with Gasteiger partial charge in [0.25, 0.3) is 0 Å². The second-order valence-corrected chi connectivity index (χ2v) is 7.56. The Morgan fingerprint density at radius 3 is 2.45 bits per heavy atom. The number of nitrogens with one attached hydrogen (secondary N) is 1. The van der Waals surface area contributed by atoms with E-state index in [1.165, 1.54) is 0 Å². The molecule has 0 aliphatic carbocycles. The number of rotatable bonds is 0. The van der Waals surface area contributed by atoms with Crippen LogP contribution in [0.4, 0.5) is 18.0 Å². The second kappa shape index (κ2) is 8.40. The first-order valence-electron chi connectivity index (χ1n) is 8.49. The van der Waals surface area contributed by atoms with Crippen LogP contribution in [0.1, 0.15) is 26.3 Å². The number of amides is 1. The summed E-state index contributed by atoms with van der Waals surface area (Å²) in [6, 6.07) is 3.84. The minimum absolute atomic E-state index is 0.340. The largest absolute Gasteiger partial charge is 0.491 e. The van der Waals surface area contributed by atoms with Crippen LogP contribution in [0.25, 0.3) is 10.9 Å². The van der Waals surface area contributed by atoms with Crippen LogP contribution in [-0.4, -0.2) is 52.0 Å². The molecule has 0 fully saturated rings. The zero-order valence-corrected chi connectivity index (χ0v) is 16.6. The SMILES string of the molecule is CC(C)(C)OC(=O)N1CCOc2ccc3[nH]cc(Cl)c3c2C1.O=C(O)C(F)(F)F. The van der Waals surface area contributed by atoms with Crippen molar-refractivity contribution in [3.8, 4) is 5.75 Å². The molecule has 29 heavy (non-hydrogen) atoms. The number of hydrogen-bond donors (Lipinski definition) is 2. The molecule has 0 radical (unpaired) electrons. The molecule has 2 aromatic rings. The lowest BCUT2D eigenvalue weighted by Crippen LogP contribution is -2.37. The number of carbonyl (C=O) groups excluding carboxylic acids is 1. The summed E-state index contributed by atoms with van der Waals surface area (Å²) in [5.41, 5.74) is 1.32. The van der Waals surface area contributed by atoms with Crippen molar-refractivity contribution in [1.82, 2.24) is 9.88 Å². The molecule has 0 unspecified atom stereocenters. The molecule has 1 aliphatic heterocycles. The van der Waals surface area contributed by atoms with E-state index in [0.29, 0.717) is 24.7 Å². The first-order valence-corrected chi connectivity index (χ1v) is 8.86. The summed E-state index contributed by atoms with van der Waals surface area (Å²) in [5, 5.41) is 8.65. The van der Waals surface area contributed by atoms with Gasteiger partial charge < -0.3 is 24.5 Å². The van der Waals surface area contributed by atoms with Crippen LogP contribution in [0.15, 0.2) is 18.3 Å². The van der Waals surface area contributed by atoms with E-state index in [0.717, 1.165) is 22.2 Å². The van der Waals surface area contributed by atoms with E-state index in [-0.39, 0.29) is 6.09 Å². The lowest BCUT2D eigenvalue weighted by Gasteiger charge is -2.26. The quantitative estimate of drug-likeness (QED) is 0.630. The van der Waals surface area contributed by atoms with Gasteiger partial charge in [0.2, 0.25) is 0 Å². The number of carboxylic acids is 1. The van der Waals surface area contributed by atoms with Gasteiger partial charge in [0.05, 0.1) is 18.1 Å². The predicted octanol–water partition coefficient (Wildman–Crippen LogP) is 4.58. The molecule has 1 aliphatic rings. The van der Waals surface area contributed by atoms with Crippen molar-refractivity contribution in [2.45, 2.75) is 39.1 Å². The number of nitrogens with zero attached hydrogens (tertiary/aromatic N) is 1. The molecule has 2 heterocycles. The van der Waals surface area contributed by atoms with Crippen molar-refractivity contribution >= 4 is 34.6 Å². The fraction of sp³-hybridized carbons (Fsp3) is 0.444. The van der Waals surface area contributed by atoms with Gasteiger partial charge in [-0.2, -0.15) is 13.2 Å². The summed E-state index contributed by atoms with van der Waals surface area (Å²) in [6.45, 7) is 6.89. The number of fused-ring (bicyclic) bond motifs is 3. The lowest BCUT2D eigenvalue weighted by atomic mass is 10.1. The van der Waals surface area contributed by atoms with Gasteiger partial charge in [0.1, 0.15) is 18.0 Å². The maximum Gasteiger partial charge on any atom is 0.490 e. The van der Waals surface area contributed by atoms with Crippen molar-refractivity contribution in [2.24, 2.45) is 0 Å². The molecule has 1 aromatic heterocycles. The van der Waals surface area contributed by atoms with Gasteiger partial charge in [-0.3, -0.25) is 0 Å². The van der Waals surface area contributed by atoms with Gasteiger partial charge in [0, 0.05) is 22.7 Å². The number of aromatic nitrogens is 1. The Balaban J connectivity index is 0.000000370. The number of ether oxygens (including phenoxy) is 2. The Kier molecular flexibility index (Phi) is 6.56. The number of alkyl halides is 3. The van der Waals surface area contributed by atoms with Gasteiger partial charge >= 0.3 is 18.2 Å². The zero-order chi connectivity index (χ0) is 22.0. The summed E-state index contributed by atoms with van der Waals surface area (Å²) in [7, 11) is 0. The Hall–Kier alpha value is -2.62. The predicted molar refractivity (Wildman–Crippen MR) is 99.1 cm³/mol. The number of benzene rings is 1. The fourth-order valence-electron chi connectivity index (χ4n) is 2.55. The van der Waals surface area contributed by atoms with E-state index in [4.69, 9.17) is 31.0 Å². The number of halogens is 4. The second-order valence-electron chi connectivity index (χ2n) is 7.15. The average molecular weight is 437 g/mol. The Morgan fingerprint density at radius 2 is 1.90 bits per heavy atom. The summed E-state index contributed by atoms with van der Waals surface area (Å²) < 4.78 is 43.0. The molecule has 1 amide bonds. The van der Waals surface area contributed by atoms with E-state index >= 15 is 0 Å². The molecule has 160 valence electrons. The van der Waals surface area contributed by atoms with E-state index in [9.17, 15) is 18.0 Å². The standard InChI is InChI=1S/C16H19ClN2O3.C2HF3O2/c1-16(2,3)22-15(20)19-6-7-21-13-5-4-12-14(10(13)9-19)11(17)8-18-12;3-2(4,5)1(6)7/h4-5,8,18H,6-7,9H2,1-3H3;(H,6,7). The van der Waals surface area contributed by atoms with Gasteiger partial charge in [-0.05, 0) is 32.9 Å².